The van der Waals surface area contributed by atoms with Crippen LogP contribution in [0.3, 0.4) is 0 Å². The van der Waals surface area contributed by atoms with Crippen LogP contribution in [0.4, 0.5) is 0 Å². The lowest BCUT2D eigenvalue weighted by molar-refractivity contribution is -0.148. The third-order valence-corrected chi connectivity index (χ3v) is 49.5. The lowest BCUT2D eigenvalue weighted by Gasteiger charge is -2.39. The molecule has 0 aliphatic rings. The van der Waals surface area contributed by atoms with E-state index in [4.69, 9.17) is 21.8 Å². The summed E-state index contributed by atoms with van der Waals surface area (Å²) < 4.78 is 32.3. The Hall–Kier alpha value is -1.74. The maximum Gasteiger partial charge on any atom is 0.345 e. The highest BCUT2D eigenvalue weighted by Crippen LogP contribution is 2.29. The molecule has 0 aliphatic carbocycles. The Bertz CT molecular complexity index is 1410. The second-order valence-electron chi connectivity index (χ2n) is 19.7. The molecule has 2 rings (SSSR count). The minimum Gasteiger partial charge on any atom is -0.462 e. The first-order chi connectivity index (χ1) is 24.6. The fraction of sp³-hybridized carbons (Fsp3) is 0.550. The van der Waals surface area contributed by atoms with E-state index in [1.807, 2.05) is 66.7 Å². The Labute approximate surface area is 336 Å². The summed E-state index contributed by atoms with van der Waals surface area (Å²) in [5.41, 5.74) is 2.70. The molecule has 2 aromatic rings. The van der Waals surface area contributed by atoms with Crippen LogP contribution in [0.5, 0.6) is 0 Å². The summed E-state index contributed by atoms with van der Waals surface area (Å²) in [4.78, 5) is 27.9. The molecule has 0 fully saturated rings. The third kappa shape index (κ3) is 19.4. The number of benzene rings is 2. The monoisotopic (exact) mass is 860 g/mol. The van der Waals surface area contributed by atoms with E-state index in [9.17, 15) is 9.59 Å². The van der Waals surface area contributed by atoms with Crippen LogP contribution in [-0.4, -0.2) is 82.6 Å². The van der Waals surface area contributed by atoms with Gasteiger partial charge in [0.15, 0.2) is 32.8 Å². The van der Waals surface area contributed by atoms with E-state index < -0.39 is 69.4 Å². The van der Waals surface area contributed by atoms with Gasteiger partial charge in [-0.25, -0.2) is 9.59 Å². The molecule has 0 bridgehead atoms. The molecule has 302 valence electrons. The van der Waals surface area contributed by atoms with Crippen molar-refractivity contribution in [1.29, 1.82) is 0 Å². The van der Waals surface area contributed by atoms with Crippen molar-refractivity contribution in [2.75, 3.05) is 13.2 Å². The van der Waals surface area contributed by atoms with Crippen LogP contribution in [-0.2, 0) is 31.4 Å². The zero-order valence-corrected chi connectivity index (χ0v) is 43.9. The van der Waals surface area contributed by atoms with Gasteiger partial charge in [-0.1, -0.05) is 100 Å². The molecule has 0 heterocycles. The summed E-state index contributed by atoms with van der Waals surface area (Å²) in [7, 11) is -11.7. The number of rotatable bonds is 21. The fourth-order valence-corrected chi connectivity index (χ4v) is 67.6. The number of esters is 2. The first-order valence-corrected chi connectivity index (χ1v) is 43.1. The van der Waals surface area contributed by atoms with Gasteiger partial charge in [0.05, 0.1) is 13.2 Å². The van der Waals surface area contributed by atoms with Gasteiger partial charge in [-0.2, -0.15) is 0 Å². The zero-order chi connectivity index (χ0) is 41.2. The van der Waals surface area contributed by atoms with Crippen molar-refractivity contribution in [3.05, 3.63) is 89.5 Å². The summed E-state index contributed by atoms with van der Waals surface area (Å²) in [6, 6.07) is 21.6. The molecular formula is C40H72O7Si7. The molecule has 3 unspecified atom stereocenters. The van der Waals surface area contributed by atoms with E-state index in [0.29, 0.717) is 6.04 Å². The van der Waals surface area contributed by atoms with Gasteiger partial charge in [0, 0.05) is 16.1 Å². The van der Waals surface area contributed by atoms with Crippen molar-refractivity contribution < 1.29 is 31.4 Å². The van der Waals surface area contributed by atoms with Crippen molar-refractivity contribution >= 4 is 75.0 Å². The Morgan fingerprint density at radius 1 is 0.574 bits per heavy atom. The Morgan fingerprint density at radius 2 is 0.963 bits per heavy atom. The van der Waals surface area contributed by atoms with E-state index in [0.717, 1.165) is 22.7 Å². The molecule has 0 aliphatic heterocycles. The van der Waals surface area contributed by atoms with E-state index in [1.165, 1.54) is 0 Å². The summed E-state index contributed by atoms with van der Waals surface area (Å²) in [6.07, 6.45) is 3.40. The maximum absolute atomic E-state index is 13.9. The average molecular weight is 862 g/mol. The molecule has 0 N–H and O–H groups in total. The highest BCUT2D eigenvalue weighted by atomic mass is 29.6. The number of hydrogen-bond donors (Lipinski definition) is 0. The molecule has 0 saturated carbocycles. The highest BCUT2D eigenvalue weighted by molar-refractivity contribution is 7.51. The molecule has 0 saturated heterocycles. The van der Waals surface area contributed by atoms with Crippen LogP contribution >= 0.6 is 0 Å². The highest BCUT2D eigenvalue weighted by Gasteiger charge is 2.42. The van der Waals surface area contributed by atoms with Gasteiger partial charge in [-0.3, -0.25) is 0 Å². The molecule has 2 aromatic carbocycles. The molecule has 0 radical (unpaired) electrons. The van der Waals surface area contributed by atoms with Crippen LogP contribution in [0.1, 0.15) is 25.0 Å². The summed E-state index contributed by atoms with van der Waals surface area (Å²) in [5.74, 6) is -1.27. The first kappa shape index (κ1) is 48.4. The number of ether oxygens (including phenoxy) is 2. The van der Waals surface area contributed by atoms with Crippen LogP contribution in [0.25, 0.3) is 5.57 Å². The van der Waals surface area contributed by atoms with Gasteiger partial charge < -0.3 is 21.8 Å². The number of allylic oxidation sites excluding steroid dienone is 2. The standard InChI is InChI=1S/C40H72O7Si7/c1-33(31-53(15,45-49(3,4)5)46-50(6,7)8)29-43-39(41)38(28-27-37(35-23-19-17-20-24-35)36-25-21-18-22-26-36)40(42)44-30-34(2)32-54(16,47-51(9,10)11)48-52(12,13)14/h17-28,33-34H,29-32,48H2,1-16H3/b38-28+. The molecule has 0 amide bonds. The van der Waals surface area contributed by atoms with Crippen molar-refractivity contribution in [3.8, 4) is 0 Å². The minimum absolute atomic E-state index is 0.0279. The van der Waals surface area contributed by atoms with Gasteiger partial charge in [-0.15, -0.1) is 0 Å². The van der Waals surface area contributed by atoms with Gasteiger partial charge in [0.1, 0.15) is 5.57 Å². The van der Waals surface area contributed by atoms with Crippen LogP contribution in [0.15, 0.2) is 78.4 Å². The van der Waals surface area contributed by atoms with E-state index in [-0.39, 0.29) is 30.6 Å². The molecule has 0 aromatic heterocycles. The van der Waals surface area contributed by atoms with E-state index in [2.05, 4.69) is 106 Å². The smallest absolute Gasteiger partial charge is 0.345 e. The lowest BCUT2D eigenvalue weighted by Crippen LogP contribution is -2.58. The summed E-state index contributed by atoms with van der Waals surface area (Å²) in [6.45, 7) is 36.4. The zero-order valence-electron chi connectivity index (χ0n) is 36.5. The normalized spacial score (nSPS) is 15.7. The molecule has 7 nitrogen and oxygen atoms in total. The summed E-state index contributed by atoms with van der Waals surface area (Å²) >= 11 is 0. The topological polar surface area (TPSA) is 80.3 Å². The summed E-state index contributed by atoms with van der Waals surface area (Å²) in [5, 5.41) is 0. The fourth-order valence-electron chi connectivity index (χ4n) is 7.47. The van der Waals surface area contributed by atoms with Crippen molar-refractivity contribution in [1.82, 2.24) is 0 Å². The first-order valence-electron chi connectivity index (χ1n) is 19.6. The molecule has 14 heteroatoms. The quantitative estimate of drug-likeness (QED) is 0.0309. The minimum atomic E-state index is -2.57. The lowest BCUT2D eigenvalue weighted by atomic mass is 9.97. The Kier molecular flexibility index (Phi) is 18.0. The van der Waals surface area contributed by atoms with Crippen molar-refractivity contribution in [2.45, 2.75) is 118 Å². The van der Waals surface area contributed by atoms with E-state index >= 15 is 0 Å². The predicted octanol–water partition coefficient (Wildman–Crippen LogP) is 10.1. The van der Waals surface area contributed by atoms with E-state index in [1.54, 1.807) is 6.08 Å². The molecule has 0 spiro atoms. The van der Waals surface area contributed by atoms with Crippen molar-refractivity contribution in [2.24, 2.45) is 11.8 Å². The van der Waals surface area contributed by atoms with Crippen LogP contribution in [0, 0.1) is 11.8 Å². The Morgan fingerprint density at radius 3 is 1.33 bits per heavy atom. The van der Waals surface area contributed by atoms with Gasteiger partial charge >= 0.3 is 20.5 Å². The van der Waals surface area contributed by atoms with Gasteiger partial charge in [0.2, 0.25) is 0 Å². The molecule has 3 atom stereocenters. The number of hydrogen-bond acceptors (Lipinski definition) is 7. The second kappa shape index (κ2) is 20.1. The van der Waals surface area contributed by atoms with Gasteiger partial charge in [-0.05, 0) is 119 Å². The van der Waals surface area contributed by atoms with Crippen LogP contribution < -0.4 is 0 Å². The molecular weight excluding hydrogens is 789 g/mol. The SMILES string of the molecule is CC(COC(=O)/C(=C\C=C(c1ccccc1)c1ccccc1)C(=O)OCC(C)C[Si](C)(O[Si](C)(C)C)[SiH2][Si](C)(C)C)C[Si](C)(O[Si](C)(C)C)O[Si](C)(C)C. The maximum atomic E-state index is 13.9. The Balaban J connectivity index is 2.43. The largest absolute Gasteiger partial charge is 0.462 e. The van der Waals surface area contributed by atoms with Crippen molar-refractivity contribution in [3.63, 3.8) is 0 Å². The predicted molar refractivity (Wildman–Crippen MR) is 246 cm³/mol. The second-order valence-corrected chi connectivity index (χ2v) is 61.3. The number of carbonyl (C=O) groups excluding carboxylic acids is 2. The molecule has 54 heavy (non-hydrogen) atoms. The average Bonchev–Trinajstić information content (AvgIpc) is 2.97. The van der Waals surface area contributed by atoms with Crippen LogP contribution in [0.2, 0.25) is 104 Å². The van der Waals surface area contributed by atoms with Gasteiger partial charge in [0.25, 0.3) is 0 Å². The third-order valence-electron chi connectivity index (χ3n) is 8.02. The number of carbonyl (C=O) groups is 2.